The van der Waals surface area contributed by atoms with Gasteiger partial charge in [0.25, 0.3) is 5.82 Å². The first-order valence-corrected chi connectivity index (χ1v) is 5.83. The summed E-state index contributed by atoms with van der Waals surface area (Å²) in [6.07, 6.45) is 5.39. The van der Waals surface area contributed by atoms with Gasteiger partial charge in [0, 0.05) is 12.8 Å². The van der Waals surface area contributed by atoms with Gasteiger partial charge in [0.15, 0.2) is 0 Å². The van der Waals surface area contributed by atoms with Crippen LogP contribution >= 0.6 is 15.9 Å². The lowest BCUT2D eigenvalue weighted by Crippen LogP contribution is -2.76. The van der Waals surface area contributed by atoms with Crippen molar-refractivity contribution < 1.29 is 15.1 Å². The van der Waals surface area contributed by atoms with E-state index in [4.69, 9.17) is 9.57 Å². The zero-order valence-electron chi connectivity index (χ0n) is 8.65. The second-order valence-electron chi connectivity index (χ2n) is 3.52. The second kappa shape index (κ2) is 5.07. The van der Waals surface area contributed by atoms with Crippen molar-refractivity contribution in [3.8, 4) is 0 Å². The molecule has 1 unspecified atom stereocenters. The van der Waals surface area contributed by atoms with E-state index in [2.05, 4.69) is 21.0 Å². The van der Waals surface area contributed by atoms with Gasteiger partial charge in [0.1, 0.15) is 10.7 Å². The maximum atomic E-state index is 5.64. The summed E-state index contributed by atoms with van der Waals surface area (Å²) in [6.45, 7) is 0.825. The largest absolute Gasteiger partial charge is 0.357 e. The molecular formula is C9H15BrN3O2+. The number of nitrogens with zero attached hydrogens (tertiary/aromatic N) is 2. The maximum Gasteiger partial charge on any atom is 0.290 e. The minimum Gasteiger partial charge on any atom is -0.357 e. The van der Waals surface area contributed by atoms with Crippen LogP contribution in [-0.2, 0) is 9.57 Å². The first-order valence-electron chi connectivity index (χ1n) is 5.03. The summed E-state index contributed by atoms with van der Waals surface area (Å²) >= 11 is 3.43. The summed E-state index contributed by atoms with van der Waals surface area (Å²) in [4.78, 5) is 4.94. The van der Waals surface area contributed by atoms with E-state index in [1.165, 1.54) is 6.42 Å². The molecule has 1 saturated heterocycles. The van der Waals surface area contributed by atoms with Gasteiger partial charge < -0.3 is 4.74 Å². The highest BCUT2D eigenvalue weighted by molar-refractivity contribution is 9.10. The van der Waals surface area contributed by atoms with E-state index in [9.17, 15) is 0 Å². The van der Waals surface area contributed by atoms with Crippen LogP contribution in [0.25, 0.3) is 0 Å². The number of ether oxygens (including phenoxy) is 1. The molecule has 1 fully saturated rings. The summed E-state index contributed by atoms with van der Waals surface area (Å²) in [5.74, 6) is 0.798. The first-order chi connectivity index (χ1) is 7.31. The van der Waals surface area contributed by atoms with E-state index in [1.54, 1.807) is 12.6 Å². The minimum absolute atomic E-state index is 0.0778. The third-order valence-corrected chi connectivity index (χ3v) is 3.00. The standard InChI is InChI=1S/C9H14BrN3O2/c1-14-12-9-7(10)6-13(11-9)8-4-2-3-5-15-8/h6,8H,2-5H2,1H3,(H,11,12)/p+1. The quantitative estimate of drug-likeness (QED) is 0.842. The Morgan fingerprint density at radius 3 is 3.20 bits per heavy atom. The van der Waals surface area contributed by atoms with E-state index < -0.39 is 0 Å². The van der Waals surface area contributed by atoms with Crippen LogP contribution in [0.1, 0.15) is 25.5 Å². The minimum atomic E-state index is 0.0778. The topological polar surface area (TPSA) is 52.9 Å². The predicted molar refractivity (Wildman–Crippen MR) is 57.4 cm³/mol. The zero-order chi connectivity index (χ0) is 10.7. The van der Waals surface area contributed by atoms with Crippen molar-refractivity contribution in [2.75, 3.05) is 13.7 Å². The van der Waals surface area contributed by atoms with Crippen molar-refractivity contribution >= 4 is 21.7 Å². The Bertz CT molecular complexity index is 323. The summed E-state index contributed by atoms with van der Waals surface area (Å²) in [5.41, 5.74) is 1.61. The van der Waals surface area contributed by atoms with Crippen LogP contribution in [0.4, 0.5) is 5.82 Å². The molecule has 15 heavy (non-hydrogen) atoms. The molecule has 0 spiro atoms. The molecule has 1 aromatic rings. The molecule has 6 heteroatoms. The lowest BCUT2D eigenvalue weighted by Gasteiger charge is -2.22. The van der Waals surface area contributed by atoms with Crippen molar-refractivity contribution in [1.82, 2.24) is 9.78 Å². The van der Waals surface area contributed by atoms with Gasteiger partial charge in [-0.05, 0) is 35.2 Å². The van der Waals surface area contributed by atoms with E-state index in [0.717, 1.165) is 29.7 Å². The van der Waals surface area contributed by atoms with E-state index in [0.29, 0.717) is 0 Å². The lowest BCUT2D eigenvalue weighted by atomic mass is 10.2. The molecule has 1 aliphatic rings. The molecule has 5 nitrogen and oxygen atoms in total. The smallest absolute Gasteiger partial charge is 0.290 e. The Labute approximate surface area is 96.8 Å². The summed E-state index contributed by atoms with van der Waals surface area (Å²) < 4.78 is 8.42. The molecule has 0 amide bonds. The van der Waals surface area contributed by atoms with E-state index in [1.807, 2.05) is 10.9 Å². The number of nitrogens with two attached hydrogens (primary N) is 1. The van der Waals surface area contributed by atoms with Gasteiger partial charge in [0.05, 0.1) is 7.11 Å². The SMILES string of the molecule is CO[NH2+]c1nn(C2CCCCO2)cc1Br. The number of aromatic nitrogens is 2. The Morgan fingerprint density at radius 2 is 2.53 bits per heavy atom. The third kappa shape index (κ3) is 2.57. The van der Waals surface area contributed by atoms with Gasteiger partial charge >= 0.3 is 0 Å². The second-order valence-corrected chi connectivity index (χ2v) is 4.37. The van der Waals surface area contributed by atoms with Gasteiger partial charge in [-0.25, -0.2) is 9.52 Å². The van der Waals surface area contributed by atoms with Crippen molar-refractivity contribution in [2.45, 2.75) is 25.5 Å². The highest BCUT2D eigenvalue weighted by Gasteiger charge is 2.19. The zero-order valence-corrected chi connectivity index (χ0v) is 10.2. The monoisotopic (exact) mass is 276 g/mol. The lowest BCUT2D eigenvalue weighted by molar-refractivity contribution is -0.833. The Kier molecular flexibility index (Phi) is 3.74. The fourth-order valence-corrected chi connectivity index (χ4v) is 2.04. The maximum absolute atomic E-state index is 5.64. The molecule has 0 saturated carbocycles. The van der Waals surface area contributed by atoms with Gasteiger partial charge in [-0.15, -0.1) is 5.10 Å². The molecule has 0 bridgehead atoms. The van der Waals surface area contributed by atoms with Crippen LogP contribution < -0.4 is 5.48 Å². The summed E-state index contributed by atoms with van der Waals surface area (Å²) in [6, 6.07) is 0. The molecule has 84 valence electrons. The molecule has 2 rings (SSSR count). The van der Waals surface area contributed by atoms with Crippen LogP contribution in [0, 0.1) is 0 Å². The van der Waals surface area contributed by atoms with Gasteiger partial charge in [-0.1, -0.05) is 0 Å². The van der Waals surface area contributed by atoms with Crippen LogP contribution in [0.3, 0.4) is 0 Å². The Hall–Kier alpha value is -0.430. The Balaban J connectivity index is 2.10. The van der Waals surface area contributed by atoms with Crippen LogP contribution in [-0.4, -0.2) is 23.5 Å². The number of hydrogen-bond acceptors (Lipinski definition) is 3. The number of quaternary nitrogens is 1. The fourth-order valence-electron chi connectivity index (χ4n) is 1.65. The molecule has 0 radical (unpaired) electrons. The molecule has 0 aromatic carbocycles. The highest BCUT2D eigenvalue weighted by atomic mass is 79.9. The van der Waals surface area contributed by atoms with E-state index >= 15 is 0 Å². The number of rotatable bonds is 3. The van der Waals surface area contributed by atoms with Gasteiger partial charge in [-0.2, -0.15) is 5.48 Å². The number of halogens is 1. The normalized spacial score (nSPS) is 21.9. The highest BCUT2D eigenvalue weighted by Crippen LogP contribution is 2.25. The molecule has 2 N–H and O–H groups in total. The van der Waals surface area contributed by atoms with Crippen LogP contribution in [0.5, 0.6) is 0 Å². The molecule has 2 heterocycles. The Morgan fingerprint density at radius 1 is 1.67 bits per heavy atom. The molecule has 1 aliphatic heterocycles. The van der Waals surface area contributed by atoms with Crippen molar-refractivity contribution in [2.24, 2.45) is 0 Å². The molecule has 0 aliphatic carbocycles. The van der Waals surface area contributed by atoms with Gasteiger partial charge in [-0.3, -0.25) is 0 Å². The predicted octanol–water partition coefficient (Wildman–Crippen LogP) is 1.10. The molecular weight excluding hydrogens is 262 g/mol. The van der Waals surface area contributed by atoms with Crippen molar-refractivity contribution in [1.29, 1.82) is 0 Å². The van der Waals surface area contributed by atoms with Gasteiger partial charge in [0.2, 0.25) is 0 Å². The van der Waals surface area contributed by atoms with Crippen LogP contribution in [0.15, 0.2) is 10.7 Å². The average molecular weight is 277 g/mol. The van der Waals surface area contributed by atoms with Crippen LogP contribution in [0.2, 0.25) is 0 Å². The third-order valence-electron chi connectivity index (χ3n) is 2.39. The first kappa shape index (κ1) is 11.1. The van der Waals surface area contributed by atoms with E-state index in [-0.39, 0.29) is 6.23 Å². The van der Waals surface area contributed by atoms with Crippen molar-refractivity contribution in [3.05, 3.63) is 10.7 Å². The fraction of sp³-hybridized carbons (Fsp3) is 0.667. The molecule has 1 aromatic heterocycles. The number of hydrogen-bond donors (Lipinski definition) is 1. The summed E-state index contributed by atoms with van der Waals surface area (Å²) in [7, 11) is 1.61. The van der Waals surface area contributed by atoms with Crippen molar-refractivity contribution in [3.63, 3.8) is 0 Å². The molecule has 1 atom stereocenters. The summed E-state index contributed by atoms with van der Waals surface area (Å²) in [5, 5.41) is 4.39. The average Bonchev–Trinajstić information content (AvgIpc) is 2.63.